The number of anilines is 1. The largest absolute Gasteiger partial charge is 0.462 e. The van der Waals surface area contributed by atoms with Crippen LogP contribution in [0.4, 0.5) is 10.5 Å². The highest BCUT2D eigenvalue weighted by molar-refractivity contribution is 7.89. The Hall–Kier alpha value is -4.01. The number of hydrogen-bond donors (Lipinski definition) is 3. The van der Waals surface area contributed by atoms with Gasteiger partial charge < -0.3 is 34.4 Å². The van der Waals surface area contributed by atoms with Crippen molar-refractivity contribution in [2.75, 3.05) is 31.6 Å². The van der Waals surface area contributed by atoms with E-state index in [1.54, 1.807) is 31.2 Å². The number of hydrogen-bond acceptors (Lipinski definition) is 9. The number of nitrogens with zero attached hydrogens (tertiary/aromatic N) is 1. The Balaban J connectivity index is 1.24. The van der Waals surface area contributed by atoms with Crippen LogP contribution in [0.3, 0.4) is 0 Å². The molecule has 0 radical (unpaired) electrons. The minimum atomic E-state index is -4.18. The Labute approximate surface area is 280 Å². The van der Waals surface area contributed by atoms with Crippen molar-refractivity contribution in [2.45, 2.75) is 63.0 Å². The third-order valence-electron chi connectivity index (χ3n) is 8.73. The summed E-state index contributed by atoms with van der Waals surface area (Å²) in [5.74, 6) is 0.631. The number of nitrogens with one attached hydrogen (secondary N) is 2. The molecular formula is C35H41N3O9S. The average Bonchev–Trinajstić information content (AvgIpc) is 3.83. The third kappa shape index (κ3) is 7.50. The van der Waals surface area contributed by atoms with E-state index in [0.717, 1.165) is 5.56 Å². The van der Waals surface area contributed by atoms with Crippen molar-refractivity contribution in [3.63, 3.8) is 0 Å². The van der Waals surface area contributed by atoms with Crippen molar-refractivity contribution >= 4 is 39.4 Å². The minimum absolute atomic E-state index is 0.0336. The highest BCUT2D eigenvalue weighted by Crippen LogP contribution is 2.36. The summed E-state index contributed by atoms with van der Waals surface area (Å²) in [5, 5.41) is 17.2. The van der Waals surface area contributed by atoms with Crippen molar-refractivity contribution in [3.8, 4) is 0 Å². The summed E-state index contributed by atoms with van der Waals surface area (Å²) in [6, 6.07) is 16.4. The van der Waals surface area contributed by atoms with E-state index in [4.69, 9.17) is 18.6 Å². The SMILES string of the molecule is Cc1ccc(/C=C2\C(=O)Nc3ccc(S(=O)(=O)N(CC(C)C)CC(O)C(Cc4ccccc4)NC(=O)OC4COC5OCCC45)cc32)o1. The van der Waals surface area contributed by atoms with Gasteiger partial charge in [0.25, 0.3) is 5.91 Å². The number of sulfonamides is 1. The lowest BCUT2D eigenvalue weighted by Crippen LogP contribution is -2.51. The Bertz CT molecular complexity index is 1770. The van der Waals surface area contributed by atoms with Crippen LogP contribution in [0, 0.1) is 18.8 Å². The molecule has 6 rings (SSSR count). The maximum atomic E-state index is 14.2. The minimum Gasteiger partial charge on any atom is -0.462 e. The van der Waals surface area contributed by atoms with Crippen LogP contribution in [-0.4, -0.2) is 80.7 Å². The number of rotatable bonds is 12. The fraction of sp³-hybridized carbons (Fsp3) is 0.429. The molecule has 2 amide bonds. The summed E-state index contributed by atoms with van der Waals surface area (Å²) in [7, 11) is -4.18. The van der Waals surface area contributed by atoms with Crippen LogP contribution in [-0.2, 0) is 35.4 Å². The average molecular weight is 680 g/mol. The third-order valence-corrected chi connectivity index (χ3v) is 10.6. The topological polar surface area (TPSA) is 157 Å². The van der Waals surface area contributed by atoms with Crippen LogP contribution in [0.2, 0.25) is 0 Å². The van der Waals surface area contributed by atoms with E-state index in [2.05, 4.69) is 10.6 Å². The second-order valence-electron chi connectivity index (χ2n) is 12.9. The molecule has 3 aliphatic rings. The van der Waals surface area contributed by atoms with Crippen molar-refractivity contribution in [2.24, 2.45) is 11.8 Å². The summed E-state index contributed by atoms with van der Waals surface area (Å²) in [6.45, 7) is 6.11. The maximum absolute atomic E-state index is 14.2. The zero-order valence-corrected chi connectivity index (χ0v) is 27.9. The van der Waals surface area contributed by atoms with E-state index in [1.807, 2.05) is 44.2 Å². The van der Waals surface area contributed by atoms with Crippen LogP contribution in [0.1, 0.15) is 42.9 Å². The fourth-order valence-corrected chi connectivity index (χ4v) is 7.98. The lowest BCUT2D eigenvalue weighted by atomic mass is 10.0. The number of benzene rings is 2. The first-order valence-electron chi connectivity index (χ1n) is 16.1. The van der Waals surface area contributed by atoms with E-state index >= 15 is 0 Å². The lowest BCUT2D eigenvalue weighted by molar-refractivity contribution is -0.110. The van der Waals surface area contributed by atoms with Gasteiger partial charge in [-0.3, -0.25) is 4.79 Å². The molecule has 2 fully saturated rings. The molecule has 4 heterocycles. The van der Waals surface area contributed by atoms with Gasteiger partial charge in [-0.2, -0.15) is 4.31 Å². The number of amides is 2. The molecule has 2 saturated heterocycles. The number of alkyl carbamates (subject to hydrolysis) is 1. The van der Waals surface area contributed by atoms with Crippen molar-refractivity contribution in [3.05, 3.63) is 83.3 Å². The number of fused-ring (bicyclic) bond motifs is 2. The Kier molecular flexibility index (Phi) is 10.0. The first-order valence-corrected chi connectivity index (χ1v) is 17.6. The molecule has 1 aromatic heterocycles. The number of aryl methyl sites for hydroxylation is 1. The van der Waals surface area contributed by atoms with Gasteiger partial charge in [-0.25, -0.2) is 13.2 Å². The number of carbonyl (C=O) groups is 2. The molecule has 3 aromatic rings. The molecule has 5 unspecified atom stereocenters. The van der Waals surface area contributed by atoms with Gasteiger partial charge >= 0.3 is 6.09 Å². The molecule has 3 N–H and O–H groups in total. The molecule has 5 atom stereocenters. The van der Waals surface area contributed by atoms with Crippen LogP contribution in [0.25, 0.3) is 11.6 Å². The number of aliphatic hydroxyl groups excluding tert-OH is 1. The van der Waals surface area contributed by atoms with Crippen LogP contribution in [0.15, 0.2) is 70.0 Å². The van der Waals surface area contributed by atoms with Gasteiger partial charge in [0.1, 0.15) is 17.6 Å². The normalized spacial score (nSPS) is 22.5. The standard InChI is InChI=1S/C35H41N3O9S/c1-21(2)18-38(48(42,43)25-11-12-29-27(17-25)28(33(40)36-29)16-24-10-9-22(3)46-24)19-31(39)30(15-23-7-5-4-6-8-23)37-35(41)47-32-20-45-34-26(32)13-14-44-34/h4-12,16-17,21,26,30-32,34,39H,13-15,18-20H2,1-3H3,(H,36,40)(H,37,41)/b28-16-. The molecule has 0 bridgehead atoms. The number of furan rings is 1. The predicted molar refractivity (Wildman–Crippen MR) is 177 cm³/mol. The molecule has 0 spiro atoms. The highest BCUT2D eigenvalue weighted by Gasteiger charge is 2.44. The smallest absolute Gasteiger partial charge is 0.407 e. The van der Waals surface area contributed by atoms with E-state index in [1.165, 1.54) is 16.4 Å². The molecule has 13 heteroatoms. The number of aliphatic hydroxyl groups is 1. The van der Waals surface area contributed by atoms with Gasteiger partial charge in [0.05, 0.1) is 41.7 Å². The fourth-order valence-electron chi connectivity index (χ4n) is 6.33. The molecule has 0 aliphatic carbocycles. The van der Waals surface area contributed by atoms with Gasteiger partial charge in [0.2, 0.25) is 10.0 Å². The maximum Gasteiger partial charge on any atom is 0.407 e. The van der Waals surface area contributed by atoms with E-state index in [9.17, 15) is 23.1 Å². The number of ether oxygens (including phenoxy) is 3. The second-order valence-corrected chi connectivity index (χ2v) is 14.8. The molecule has 3 aliphatic heterocycles. The van der Waals surface area contributed by atoms with Gasteiger partial charge in [-0.05, 0) is 67.7 Å². The van der Waals surface area contributed by atoms with Crippen molar-refractivity contribution in [1.29, 1.82) is 0 Å². The van der Waals surface area contributed by atoms with Gasteiger partial charge in [0.15, 0.2) is 6.29 Å². The number of carbonyl (C=O) groups excluding carboxylic acids is 2. The summed E-state index contributed by atoms with van der Waals surface area (Å²) in [5.41, 5.74) is 2.03. The van der Waals surface area contributed by atoms with Crippen LogP contribution >= 0.6 is 0 Å². The summed E-state index contributed by atoms with van der Waals surface area (Å²) in [4.78, 5) is 26.0. The quantitative estimate of drug-likeness (QED) is 0.239. The zero-order chi connectivity index (χ0) is 34.0. The van der Waals surface area contributed by atoms with E-state index < -0.39 is 40.7 Å². The van der Waals surface area contributed by atoms with Crippen LogP contribution < -0.4 is 10.6 Å². The van der Waals surface area contributed by atoms with E-state index in [-0.39, 0.29) is 54.3 Å². The monoisotopic (exact) mass is 679 g/mol. The summed E-state index contributed by atoms with van der Waals surface area (Å²) >= 11 is 0. The zero-order valence-electron chi connectivity index (χ0n) is 27.1. The Morgan fingerprint density at radius 3 is 2.65 bits per heavy atom. The van der Waals surface area contributed by atoms with Crippen molar-refractivity contribution in [1.82, 2.24) is 9.62 Å². The summed E-state index contributed by atoms with van der Waals surface area (Å²) in [6.07, 6.45) is -0.375. The molecule has 256 valence electrons. The molecule has 0 saturated carbocycles. The molecule has 12 nitrogen and oxygen atoms in total. The predicted octanol–water partition coefficient (Wildman–Crippen LogP) is 4.19. The van der Waals surface area contributed by atoms with Crippen LogP contribution in [0.5, 0.6) is 0 Å². The molecule has 48 heavy (non-hydrogen) atoms. The van der Waals surface area contributed by atoms with E-state index in [0.29, 0.717) is 35.8 Å². The van der Waals surface area contributed by atoms with Gasteiger partial charge in [0, 0.05) is 24.3 Å². The highest BCUT2D eigenvalue weighted by atomic mass is 32.2. The Morgan fingerprint density at radius 2 is 1.92 bits per heavy atom. The second kappa shape index (κ2) is 14.2. The van der Waals surface area contributed by atoms with Gasteiger partial charge in [-0.15, -0.1) is 0 Å². The molecular weight excluding hydrogens is 638 g/mol. The first-order chi connectivity index (χ1) is 23.0. The van der Waals surface area contributed by atoms with Gasteiger partial charge in [-0.1, -0.05) is 44.2 Å². The molecule has 2 aromatic carbocycles. The summed E-state index contributed by atoms with van der Waals surface area (Å²) < 4.78 is 52.1. The lowest BCUT2D eigenvalue weighted by Gasteiger charge is -2.31. The Morgan fingerprint density at radius 1 is 1.12 bits per heavy atom. The van der Waals surface area contributed by atoms with Crippen molar-refractivity contribution < 1.29 is 41.7 Å². The first kappa shape index (κ1) is 33.9.